The van der Waals surface area contributed by atoms with Crippen molar-refractivity contribution in [2.24, 2.45) is 0 Å². The van der Waals surface area contributed by atoms with Gasteiger partial charge in [-0.15, -0.1) is 0 Å². The Morgan fingerprint density at radius 3 is 3.00 bits per heavy atom. The van der Waals surface area contributed by atoms with Gasteiger partial charge >= 0.3 is 0 Å². The Labute approximate surface area is 85.6 Å². The molecule has 0 aliphatic carbocycles. The lowest BCUT2D eigenvalue weighted by atomic mass is 10.2. The second-order valence-corrected chi connectivity index (χ2v) is 3.72. The first kappa shape index (κ1) is 11.5. The number of nitrogens with zero attached hydrogens (tertiary/aromatic N) is 1. The normalized spacial score (nSPS) is 22.0. The molecule has 0 radical (unpaired) electrons. The summed E-state index contributed by atoms with van der Waals surface area (Å²) in [7, 11) is 1.84. The quantitative estimate of drug-likeness (QED) is 0.706. The lowest BCUT2D eigenvalue weighted by Gasteiger charge is -2.28. The Bertz CT molecular complexity index is 179. The molecule has 1 atom stereocenters. The number of hydrogen-bond acceptors (Lipinski definition) is 3. The zero-order chi connectivity index (χ0) is 10.4. The van der Waals surface area contributed by atoms with E-state index in [4.69, 9.17) is 4.74 Å². The summed E-state index contributed by atoms with van der Waals surface area (Å²) in [5.74, 6) is 0.210. The van der Waals surface area contributed by atoms with Gasteiger partial charge in [0.1, 0.15) is 0 Å². The number of hydrogen-bond donors (Lipinski definition) is 1. The van der Waals surface area contributed by atoms with E-state index in [2.05, 4.69) is 5.32 Å². The van der Waals surface area contributed by atoms with Gasteiger partial charge < -0.3 is 15.0 Å². The molecule has 14 heavy (non-hydrogen) atoms. The molecule has 1 heterocycles. The Hall–Kier alpha value is -0.610. The Morgan fingerprint density at radius 1 is 1.64 bits per heavy atom. The number of carbonyl (C=O) groups is 1. The Kier molecular flexibility index (Phi) is 4.90. The third kappa shape index (κ3) is 3.64. The first-order chi connectivity index (χ1) is 6.74. The maximum atomic E-state index is 11.5. The minimum atomic E-state index is 0.162. The number of amides is 1. The predicted molar refractivity (Wildman–Crippen MR) is 55.2 cm³/mol. The third-order valence-corrected chi connectivity index (χ3v) is 2.37. The summed E-state index contributed by atoms with van der Waals surface area (Å²) in [6, 6.07) is 0. The van der Waals surface area contributed by atoms with Gasteiger partial charge in [-0.1, -0.05) is 6.92 Å². The van der Waals surface area contributed by atoms with Crippen LogP contribution in [-0.2, 0) is 9.53 Å². The van der Waals surface area contributed by atoms with Crippen LogP contribution in [0.2, 0.25) is 0 Å². The van der Waals surface area contributed by atoms with Gasteiger partial charge in [0.25, 0.3) is 0 Å². The standard InChI is InChI=1S/C10H20N2O2/c1-3-4-10(13)12(2)8-9-7-11-5-6-14-9/h9,11H,3-8H2,1-2H3. The van der Waals surface area contributed by atoms with Crippen molar-refractivity contribution >= 4 is 5.91 Å². The molecule has 4 nitrogen and oxygen atoms in total. The van der Waals surface area contributed by atoms with Crippen LogP contribution in [0.5, 0.6) is 0 Å². The molecule has 0 aromatic heterocycles. The molecule has 1 N–H and O–H groups in total. The van der Waals surface area contributed by atoms with Gasteiger partial charge in [0.15, 0.2) is 0 Å². The molecule has 1 amide bonds. The first-order valence-electron chi connectivity index (χ1n) is 5.30. The summed E-state index contributed by atoms with van der Waals surface area (Å²) in [5, 5.41) is 3.25. The van der Waals surface area contributed by atoms with E-state index in [9.17, 15) is 4.79 Å². The van der Waals surface area contributed by atoms with E-state index in [0.29, 0.717) is 13.0 Å². The predicted octanol–water partition coefficient (Wildman–Crippen LogP) is 0.233. The van der Waals surface area contributed by atoms with E-state index in [1.165, 1.54) is 0 Å². The van der Waals surface area contributed by atoms with E-state index < -0.39 is 0 Å². The van der Waals surface area contributed by atoms with Crippen molar-refractivity contribution in [1.82, 2.24) is 10.2 Å². The Balaban J connectivity index is 2.24. The highest BCUT2D eigenvalue weighted by Gasteiger charge is 2.17. The van der Waals surface area contributed by atoms with Gasteiger partial charge in [-0.2, -0.15) is 0 Å². The van der Waals surface area contributed by atoms with Gasteiger partial charge in [0.2, 0.25) is 5.91 Å². The fourth-order valence-corrected chi connectivity index (χ4v) is 1.55. The van der Waals surface area contributed by atoms with Crippen molar-refractivity contribution in [3.05, 3.63) is 0 Å². The van der Waals surface area contributed by atoms with Crippen molar-refractivity contribution in [2.75, 3.05) is 33.3 Å². The van der Waals surface area contributed by atoms with Crippen LogP contribution in [0.1, 0.15) is 19.8 Å². The summed E-state index contributed by atoms with van der Waals surface area (Å²) < 4.78 is 5.52. The molecule has 4 heteroatoms. The van der Waals surface area contributed by atoms with Gasteiger partial charge in [-0.25, -0.2) is 0 Å². The summed E-state index contributed by atoms with van der Waals surface area (Å²) in [6.07, 6.45) is 1.71. The summed E-state index contributed by atoms with van der Waals surface area (Å²) in [6.45, 7) is 5.24. The second kappa shape index (κ2) is 5.98. The van der Waals surface area contributed by atoms with Gasteiger partial charge in [-0.05, 0) is 6.42 Å². The van der Waals surface area contributed by atoms with Crippen LogP contribution >= 0.6 is 0 Å². The van der Waals surface area contributed by atoms with Crippen LogP contribution in [-0.4, -0.2) is 50.2 Å². The van der Waals surface area contributed by atoms with Crippen molar-refractivity contribution in [2.45, 2.75) is 25.9 Å². The molecule has 1 saturated heterocycles. The first-order valence-corrected chi connectivity index (χ1v) is 5.30. The van der Waals surface area contributed by atoms with Crippen molar-refractivity contribution < 1.29 is 9.53 Å². The largest absolute Gasteiger partial charge is 0.374 e. The number of rotatable bonds is 4. The van der Waals surface area contributed by atoms with E-state index in [-0.39, 0.29) is 12.0 Å². The van der Waals surface area contributed by atoms with Crippen LogP contribution in [0.3, 0.4) is 0 Å². The van der Waals surface area contributed by atoms with Crippen molar-refractivity contribution in [1.29, 1.82) is 0 Å². The summed E-state index contributed by atoms with van der Waals surface area (Å²) in [4.78, 5) is 13.2. The van der Waals surface area contributed by atoms with Crippen molar-refractivity contribution in [3.63, 3.8) is 0 Å². The molecule has 0 aromatic carbocycles. The molecule has 0 aromatic rings. The molecule has 0 spiro atoms. The summed E-state index contributed by atoms with van der Waals surface area (Å²) in [5.41, 5.74) is 0. The molecule has 1 rings (SSSR count). The number of likely N-dealkylation sites (N-methyl/N-ethyl adjacent to an activating group) is 1. The van der Waals surface area contributed by atoms with Crippen LogP contribution in [0.25, 0.3) is 0 Å². The topological polar surface area (TPSA) is 41.6 Å². The van der Waals surface area contributed by atoms with E-state index in [0.717, 1.165) is 26.1 Å². The fraction of sp³-hybridized carbons (Fsp3) is 0.900. The second-order valence-electron chi connectivity index (χ2n) is 3.72. The number of carbonyl (C=O) groups excluding carboxylic acids is 1. The maximum absolute atomic E-state index is 11.5. The zero-order valence-corrected chi connectivity index (χ0v) is 9.08. The molecular weight excluding hydrogens is 180 g/mol. The van der Waals surface area contributed by atoms with Gasteiger partial charge in [0, 0.05) is 33.1 Å². The maximum Gasteiger partial charge on any atom is 0.222 e. The lowest BCUT2D eigenvalue weighted by molar-refractivity contribution is -0.132. The number of ether oxygens (including phenoxy) is 1. The lowest BCUT2D eigenvalue weighted by Crippen LogP contribution is -2.45. The highest BCUT2D eigenvalue weighted by atomic mass is 16.5. The molecule has 1 aliphatic rings. The van der Waals surface area contributed by atoms with Gasteiger partial charge in [-0.3, -0.25) is 4.79 Å². The molecular formula is C10H20N2O2. The monoisotopic (exact) mass is 200 g/mol. The average molecular weight is 200 g/mol. The minimum absolute atomic E-state index is 0.162. The van der Waals surface area contributed by atoms with E-state index >= 15 is 0 Å². The molecule has 1 unspecified atom stereocenters. The van der Waals surface area contributed by atoms with Crippen LogP contribution < -0.4 is 5.32 Å². The highest BCUT2D eigenvalue weighted by Crippen LogP contribution is 2.01. The van der Waals surface area contributed by atoms with E-state index in [1.54, 1.807) is 4.90 Å². The molecule has 1 fully saturated rings. The molecule has 0 saturated carbocycles. The minimum Gasteiger partial charge on any atom is -0.374 e. The SMILES string of the molecule is CCCC(=O)N(C)CC1CNCCO1. The summed E-state index contributed by atoms with van der Waals surface area (Å²) >= 11 is 0. The molecule has 0 bridgehead atoms. The van der Waals surface area contributed by atoms with Crippen LogP contribution in [0, 0.1) is 0 Å². The van der Waals surface area contributed by atoms with Crippen molar-refractivity contribution in [3.8, 4) is 0 Å². The zero-order valence-electron chi connectivity index (χ0n) is 9.08. The van der Waals surface area contributed by atoms with Gasteiger partial charge in [0.05, 0.1) is 12.7 Å². The average Bonchev–Trinajstić information content (AvgIpc) is 2.19. The molecule has 1 aliphatic heterocycles. The Morgan fingerprint density at radius 2 is 2.43 bits per heavy atom. The highest BCUT2D eigenvalue weighted by molar-refractivity contribution is 5.75. The van der Waals surface area contributed by atoms with Crippen LogP contribution in [0.4, 0.5) is 0 Å². The smallest absolute Gasteiger partial charge is 0.222 e. The number of nitrogens with one attached hydrogen (secondary N) is 1. The molecule has 82 valence electrons. The van der Waals surface area contributed by atoms with Crippen LogP contribution in [0.15, 0.2) is 0 Å². The third-order valence-electron chi connectivity index (χ3n) is 2.37. The fourth-order valence-electron chi connectivity index (χ4n) is 1.55. The van der Waals surface area contributed by atoms with E-state index in [1.807, 2.05) is 14.0 Å². The number of morpholine rings is 1.